The molecule has 0 unspecified atom stereocenters. The maximum Gasteiger partial charge on any atom is 0.327 e. The molecule has 0 spiro atoms. The maximum atomic E-state index is 12.7. The van der Waals surface area contributed by atoms with Crippen LogP contribution in [0.25, 0.3) is 0 Å². The van der Waals surface area contributed by atoms with Crippen LogP contribution in [-0.4, -0.2) is 38.2 Å². The number of rotatable bonds is 8. The van der Waals surface area contributed by atoms with Crippen LogP contribution >= 0.6 is 0 Å². The predicted octanol–water partition coefficient (Wildman–Crippen LogP) is 2.04. The molecule has 0 bridgehead atoms. The summed E-state index contributed by atoms with van der Waals surface area (Å²) in [7, 11) is 3.88. The van der Waals surface area contributed by atoms with Crippen LogP contribution in [0.4, 0.5) is 16.2 Å². The molecule has 0 fully saturated rings. The molecule has 11 nitrogen and oxygen atoms in total. The zero-order valence-corrected chi connectivity index (χ0v) is 16.0. The number of hydrogen-bond acceptors (Lipinski definition) is 7. The topological polar surface area (TPSA) is 155 Å². The Morgan fingerprint density at radius 3 is 2.17 bits per heavy atom. The molecule has 0 saturated heterocycles. The van der Waals surface area contributed by atoms with E-state index in [4.69, 9.17) is 19.9 Å². The first-order valence-corrected chi connectivity index (χ1v) is 8.23. The van der Waals surface area contributed by atoms with Crippen LogP contribution in [0.3, 0.4) is 0 Å². The van der Waals surface area contributed by atoms with E-state index in [0.29, 0.717) is 11.3 Å². The molecule has 11 heteroatoms. The number of nitrogens with two attached hydrogens (primary N) is 1. The fourth-order valence-corrected chi connectivity index (χ4v) is 2.62. The van der Waals surface area contributed by atoms with Crippen molar-refractivity contribution < 1.29 is 28.7 Å². The number of benzene rings is 2. The van der Waals surface area contributed by atoms with E-state index in [9.17, 15) is 19.7 Å². The van der Waals surface area contributed by atoms with Crippen molar-refractivity contribution >= 4 is 23.3 Å². The number of nitro groups is 1. The standard InChI is InChI=1S/C18H20N4O7/c1-27-13-8-12(14(22(25)26)16(29-3)15(13)28-2)17(23)20-9-10-4-6-11(7-5-10)21-18(19)24/h4-8H,9H2,1-3H3,(H,20,23)(H3,19,21,24). The minimum Gasteiger partial charge on any atom is -0.493 e. The number of nitrogens with zero attached hydrogens (tertiary/aromatic N) is 1. The number of nitrogens with one attached hydrogen (secondary N) is 2. The van der Waals surface area contributed by atoms with Crippen LogP contribution in [-0.2, 0) is 6.54 Å². The molecule has 0 aromatic heterocycles. The van der Waals surface area contributed by atoms with Gasteiger partial charge in [-0.05, 0) is 17.7 Å². The number of nitro benzene ring substituents is 1. The Morgan fingerprint density at radius 1 is 1.07 bits per heavy atom. The van der Waals surface area contributed by atoms with Crippen molar-refractivity contribution in [1.29, 1.82) is 0 Å². The number of hydrogen-bond donors (Lipinski definition) is 3. The molecule has 3 amide bonds. The predicted molar refractivity (Wildman–Crippen MR) is 104 cm³/mol. The van der Waals surface area contributed by atoms with Gasteiger partial charge in [0.25, 0.3) is 5.91 Å². The molecule has 0 aliphatic carbocycles. The van der Waals surface area contributed by atoms with Crippen molar-refractivity contribution in [2.75, 3.05) is 26.6 Å². The summed E-state index contributed by atoms with van der Waals surface area (Å²) in [6.07, 6.45) is 0. The van der Waals surface area contributed by atoms with Crippen molar-refractivity contribution in [2.45, 2.75) is 6.54 Å². The summed E-state index contributed by atoms with van der Waals surface area (Å²) >= 11 is 0. The molecule has 29 heavy (non-hydrogen) atoms. The van der Waals surface area contributed by atoms with Crippen molar-refractivity contribution in [3.8, 4) is 17.2 Å². The summed E-state index contributed by atoms with van der Waals surface area (Å²) < 4.78 is 15.4. The maximum absolute atomic E-state index is 12.7. The summed E-state index contributed by atoms with van der Waals surface area (Å²) in [4.78, 5) is 34.3. The second-order valence-corrected chi connectivity index (χ2v) is 5.67. The van der Waals surface area contributed by atoms with Gasteiger partial charge in [-0.15, -0.1) is 0 Å². The zero-order chi connectivity index (χ0) is 21.6. The molecular weight excluding hydrogens is 384 g/mol. The quantitative estimate of drug-likeness (QED) is 0.449. The number of carbonyl (C=O) groups excluding carboxylic acids is 2. The number of ether oxygens (including phenoxy) is 3. The highest BCUT2D eigenvalue weighted by molar-refractivity contribution is 6.00. The van der Waals surface area contributed by atoms with Gasteiger partial charge in [-0.25, -0.2) is 4.79 Å². The third kappa shape index (κ3) is 4.83. The molecule has 4 N–H and O–H groups in total. The molecule has 2 aromatic carbocycles. The van der Waals surface area contributed by atoms with E-state index in [2.05, 4.69) is 10.6 Å². The molecule has 0 aliphatic rings. The minimum absolute atomic E-state index is 0.00999. The van der Waals surface area contributed by atoms with Gasteiger partial charge in [0.1, 0.15) is 5.56 Å². The molecular formula is C18H20N4O7. The van der Waals surface area contributed by atoms with E-state index < -0.39 is 22.5 Å². The number of primary amides is 1. The lowest BCUT2D eigenvalue weighted by Crippen LogP contribution is -2.24. The monoisotopic (exact) mass is 404 g/mol. The second-order valence-electron chi connectivity index (χ2n) is 5.67. The lowest BCUT2D eigenvalue weighted by atomic mass is 10.1. The Balaban J connectivity index is 2.30. The van der Waals surface area contributed by atoms with Crippen LogP contribution in [0.1, 0.15) is 15.9 Å². The van der Waals surface area contributed by atoms with E-state index in [1.54, 1.807) is 24.3 Å². The summed E-state index contributed by atoms with van der Waals surface area (Å²) in [6.45, 7) is 0.0868. The fourth-order valence-electron chi connectivity index (χ4n) is 2.62. The van der Waals surface area contributed by atoms with E-state index in [1.165, 1.54) is 27.4 Å². The van der Waals surface area contributed by atoms with Gasteiger partial charge >= 0.3 is 11.7 Å². The first-order valence-electron chi connectivity index (χ1n) is 8.23. The number of methoxy groups -OCH3 is 3. The van der Waals surface area contributed by atoms with Gasteiger partial charge in [0.15, 0.2) is 5.75 Å². The van der Waals surface area contributed by atoms with Gasteiger partial charge in [-0.1, -0.05) is 12.1 Å². The molecule has 0 radical (unpaired) electrons. The molecule has 0 heterocycles. The molecule has 0 aliphatic heterocycles. The Morgan fingerprint density at radius 2 is 1.69 bits per heavy atom. The largest absolute Gasteiger partial charge is 0.493 e. The fraction of sp³-hybridized carbons (Fsp3) is 0.222. The Kier molecular flexibility index (Phi) is 6.80. The highest BCUT2D eigenvalue weighted by atomic mass is 16.6. The number of urea groups is 1. The van der Waals surface area contributed by atoms with Gasteiger partial charge < -0.3 is 30.6 Å². The minimum atomic E-state index is -0.722. The summed E-state index contributed by atoms with van der Waals surface area (Å²) in [5.74, 6) is -0.795. The van der Waals surface area contributed by atoms with Gasteiger partial charge in [-0.2, -0.15) is 0 Å². The van der Waals surface area contributed by atoms with Crippen LogP contribution in [0.5, 0.6) is 17.2 Å². The average Bonchev–Trinajstić information content (AvgIpc) is 2.70. The molecule has 0 atom stereocenters. The van der Waals surface area contributed by atoms with Gasteiger partial charge in [0, 0.05) is 18.3 Å². The second kappa shape index (κ2) is 9.26. The first-order chi connectivity index (χ1) is 13.8. The third-order valence-electron chi connectivity index (χ3n) is 3.91. The Hall–Kier alpha value is -4.02. The van der Waals surface area contributed by atoms with Gasteiger partial charge in [0.05, 0.1) is 26.3 Å². The SMILES string of the molecule is COc1cc(C(=O)NCc2ccc(NC(N)=O)cc2)c([N+](=O)[O-])c(OC)c1OC. The van der Waals surface area contributed by atoms with Crippen molar-refractivity contribution in [3.05, 3.63) is 51.6 Å². The smallest absolute Gasteiger partial charge is 0.327 e. The van der Waals surface area contributed by atoms with E-state index >= 15 is 0 Å². The highest BCUT2D eigenvalue weighted by Gasteiger charge is 2.32. The third-order valence-corrected chi connectivity index (χ3v) is 3.91. The van der Waals surface area contributed by atoms with Crippen molar-refractivity contribution in [3.63, 3.8) is 0 Å². The lowest BCUT2D eigenvalue weighted by molar-refractivity contribution is -0.386. The van der Waals surface area contributed by atoms with E-state index in [0.717, 1.165) is 0 Å². The summed E-state index contributed by atoms with van der Waals surface area (Å²) in [5, 5.41) is 16.6. The summed E-state index contributed by atoms with van der Waals surface area (Å²) in [5.41, 5.74) is 5.45. The zero-order valence-electron chi connectivity index (χ0n) is 16.0. The van der Waals surface area contributed by atoms with Crippen LogP contribution in [0.2, 0.25) is 0 Å². The number of amides is 3. The van der Waals surface area contributed by atoms with Crippen LogP contribution in [0.15, 0.2) is 30.3 Å². The molecule has 154 valence electrons. The summed E-state index contributed by atoms with van der Waals surface area (Å²) in [6, 6.07) is 7.06. The highest BCUT2D eigenvalue weighted by Crippen LogP contribution is 2.46. The van der Waals surface area contributed by atoms with Crippen molar-refractivity contribution in [2.24, 2.45) is 5.73 Å². The van der Waals surface area contributed by atoms with Gasteiger partial charge in [-0.3, -0.25) is 14.9 Å². The number of anilines is 1. The normalized spacial score (nSPS) is 10.0. The van der Waals surface area contributed by atoms with Gasteiger partial charge in [0.2, 0.25) is 11.5 Å². The lowest BCUT2D eigenvalue weighted by Gasteiger charge is -2.15. The molecule has 0 saturated carbocycles. The van der Waals surface area contributed by atoms with Crippen LogP contribution < -0.4 is 30.6 Å². The van der Waals surface area contributed by atoms with E-state index in [1.807, 2.05) is 0 Å². The Bertz CT molecular complexity index is 929. The average molecular weight is 404 g/mol. The van der Waals surface area contributed by atoms with Crippen LogP contribution in [0, 0.1) is 10.1 Å². The van der Waals surface area contributed by atoms with Crippen molar-refractivity contribution in [1.82, 2.24) is 5.32 Å². The molecule has 2 rings (SSSR count). The first kappa shape index (κ1) is 21.3. The van der Waals surface area contributed by atoms with E-state index in [-0.39, 0.29) is 29.4 Å². The Labute approximate surface area is 165 Å². The number of carbonyl (C=O) groups is 2. The molecule has 2 aromatic rings.